The zero-order chi connectivity index (χ0) is 13.0. The normalized spacial score (nSPS) is 22.1. The van der Waals surface area contributed by atoms with Crippen LogP contribution in [0.15, 0.2) is 6.07 Å². The molecule has 0 amide bonds. The standard InChI is InChI=1S/C13H23N3OS/c1-3-10-7-11(16(4-2)15-10)8-12(14)13-9-18-6-5-17-13/h7,12-13H,3-6,8-9,14H2,1-2H3. The molecule has 1 fully saturated rings. The number of nitrogens with two attached hydrogens (primary N) is 1. The van der Waals surface area contributed by atoms with E-state index in [2.05, 4.69) is 29.7 Å². The molecule has 102 valence electrons. The van der Waals surface area contributed by atoms with Gasteiger partial charge in [-0.15, -0.1) is 0 Å². The van der Waals surface area contributed by atoms with Crippen LogP contribution < -0.4 is 5.73 Å². The first-order chi connectivity index (χ1) is 8.74. The van der Waals surface area contributed by atoms with Crippen molar-refractivity contribution in [3.8, 4) is 0 Å². The Morgan fingerprint density at radius 1 is 1.61 bits per heavy atom. The minimum Gasteiger partial charge on any atom is -0.375 e. The fourth-order valence-corrected chi connectivity index (χ4v) is 3.21. The second-order valence-electron chi connectivity index (χ2n) is 4.65. The summed E-state index contributed by atoms with van der Waals surface area (Å²) in [6.45, 7) is 5.99. The smallest absolute Gasteiger partial charge is 0.0820 e. The van der Waals surface area contributed by atoms with E-state index in [0.717, 1.165) is 43.2 Å². The molecule has 2 N–H and O–H groups in total. The number of rotatable bonds is 5. The molecule has 1 aromatic rings. The number of nitrogens with zero attached hydrogens (tertiary/aromatic N) is 2. The van der Waals surface area contributed by atoms with E-state index in [1.807, 2.05) is 11.8 Å². The Balaban J connectivity index is 2.00. The number of ether oxygens (including phenoxy) is 1. The molecule has 2 heterocycles. The molecule has 1 aliphatic heterocycles. The van der Waals surface area contributed by atoms with Crippen LogP contribution >= 0.6 is 11.8 Å². The molecule has 0 aliphatic carbocycles. The monoisotopic (exact) mass is 269 g/mol. The van der Waals surface area contributed by atoms with Crippen LogP contribution in [0.1, 0.15) is 25.2 Å². The van der Waals surface area contributed by atoms with E-state index in [1.54, 1.807) is 0 Å². The molecule has 2 rings (SSSR count). The zero-order valence-corrected chi connectivity index (χ0v) is 12.1. The predicted molar refractivity (Wildman–Crippen MR) is 76.0 cm³/mol. The van der Waals surface area contributed by atoms with Gasteiger partial charge in [0, 0.05) is 36.2 Å². The van der Waals surface area contributed by atoms with E-state index < -0.39 is 0 Å². The Labute approximate surface area is 113 Å². The molecule has 1 aliphatic rings. The van der Waals surface area contributed by atoms with Crippen LogP contribution in [-0.4, -0.2) is 40.0 Å². The highest BCUT2D eigenvalue weighted by Gasteiger charge is 2.23. The lowest BCUT2D eigenvalue weighted by Crippen LogP contribution is -2.43. The maximum absolute atomic E-state index is 6.28. The molecule has 4 nitrogen and oxygen atoms in total. The number of hydrogen-bond acceptors (Lipinski definition) is 4. The summed E-state index contributed by atoms with van der Waals surface area (Å²) < 4.78 is 7.81. The van der Waals surface area contributed by atoms with Crippen LogP contribution in [-0.2, 0) is 24.1 Å². The summed E-state index contributed by atoms with van der Waals surface area (Å²) in [4.78, 5) is 0. The fraction of sp³-hybridized carbons (Fsp3) is 0.769. The number of aryl methyl sites for hydroxylation is 2. The van der Waals surface area contributed by atoms with E-state index in [-0.39, 0.29) is 12.1 Å². The van der Waals surface area contributed by atoms with Crippen LogP contribution in [0.5, 0.6) is 0 Å². The van der Waals surface area contributed by atoms with Crippen LogP contribution in [0.3, 0.4) is 0 Å². The van der Waals surface area contributed by atoms with Gasteiger partial charge in [-0.1, -0.05) is 6.92 Å². The van der Waals surface area contributed by atoms with Gasteiger partial charge in [0.1, 0.15) is 0 Å². The van der Waals surface area contributed by atoms with E-state index >= 15 is 0 Å². The lowest BCUT2D eigenvalue weighted by atomic mass is 10.1. The predicted octanol–water partition coefficient (Wildman–Crippen LogP) is 1.47. The molecule has 2 unspecified atom stereocenters. The van der Waals surface area contributed by atoms with Crippen LogP contribution in [0.2, 0.25) is 0 Å². The molecule has 1 saturated heterocycles. The van der Waals surface area contributed by atoms with Gasteiger partial charge in [-0.2, -0.15) is 16.9 Å². The highest BCUT2D eigenvalue weighted by atomic mass is 32.2. The van der Waals surface area contributed by atoms with E-state index in [1.165, 1.54) is 5.69 Å². The quantitative estimate of drug-likeness (QED) is 0.879. The number of aromatic nitrogens is 2. The van der Waals surface area contributed by atoms with Gasteiger partial charge >= 0.3 is 0 Å². The summed E-state index contributed by atoms with van der Waals surface area (Å²) in [5.74, 6) is 2.11. The molecule has 1 aromatic heterocycles. The fourth-order valence-electron chi connectivity index (χ4n) is 2.25. The van der Waals surface area contributed by atoms with E-state index in [9.17, 15) is 0 Å². The van der Waals surface area contributed by atoms with Gasteiger partial charge in [-0.25, -0.2) is 0 Å². The van der Waals surface area contributed by atoms with Crippen LogP contribution in [0.4, 0.5) is 0 Å². The van der Waals surface area contributed by atoms with Crippen molar-refractivity contribution in [2.45, 2.75) is 45.4 Å². The molecule has 5 heteroatoms. The summed E-state index contributed by atoms with van der Waals surface area (Å²) in [5, 5.41) is 4.56. The van der Waals surface area contributed by atoms with Crippen molar-refractivity contribution in [2.75, 3.05) is 18.1 Å². The van der Waals surface area contributed by atoms with Gasteiger partial charge in [-0.3, -0.25) is 4.68 Å². The largest absolute Gasteiger partial charge is 0.375 e. The van der Waals surface area contributed by atoms with E-state index in [4.69, 9.17) is 10.5 Å². The second-order valence-corrected chi connectivity index (χ2v) is 5.80. The van der Waals surface area contributed by atoms with E-state index in [0.29, 0.717) is 0 Å². The van der Waals surface area contributed by atoms with Gasteiger partial charge in [0.15, 0.2) is 0 Å². The van der Waals surface area contributed by atoms with Crippen molar-refractivity contribution in [1.29, 1.82) is 0 Å². The molecule has 0 saturated carbocycles. The van der Waals surface area contributed by atoms with Gasteiger partial charge in [-0.05, 0) is 19.4 Å². The van der Waals surface area contributed by atoms with Crippen molar-refractivity contribution in [3.05, 3.63) is 17.5 Å². The van der Waals surface area contributed by atoms with Gasteiger partial charge < -0.3 is 10.5 Å². The maximum Gasteiger partial charge on any atom is 0.0820 e. The Kier molecular flexibility index (Phi) is 5.09. The zero-order valence-electron chi connectivity index (χ0n) is 11.3. The van der Waals surface area contributed by atoms with Gasteiger partial charge in [0.05, 0.1) is 18.4 Å². The summed E-state index contributed by atoms with van der Waals surface area (Å²) in [7, 11) is 0. The summed E-state index contributed by atoms with van der Waals surface area (Å²) in [6, 6.07) is 2.25. The molecule has 0 radical (unpaired) electrons. The second kappa shape index (κ2) is 6.59. The number of thioether (sulfide) groups is 1. The topological polar surface area (TPSA) is 53.1 Å². The summed E-state index contributed by atoms with van der Waals surface area (Å²) >= 11 is 1.93. The molecule has 0 aromatic carbocycles. The molecule has 0 spiro atoms. The van der Waals surface area contributed by atoms with Gasteiger partial charge in [0.25, 0.3) is 0 Å². The van der Waals surface area contributed by atoms with Crippen LogP contribution in [0.25, 0.3) is 0 Å². The molecule has 2 atom stereocenters. The maximum atomic E-state index is 6.28. The minimum absolute atomic E-state index is 0.0736. The Morgan fingerprint density at radius 3 is 3.06 bits per heavy atom. The first-order valence-electron chi connectivity index (χ1n) is 6.75. The minimum atomic E-state index is 0.0736. The lowest BCUT2D eigenvalue weighted by Gasteiger charge is -2.27. The van der Waals surface area contributed by atoms with Crippen molar-refractivity contribution in [3.63, 3.8) is 0 Å². The molecular formula is C13H23N3OS. The lowest BCUT2D eigenvalue weighted by molar-refractivity contribution is 0.0567. The first kappa shape index (κ1) is 13.9. The highest BCUT2D eigenvalue weighted by Crippen LogP contribution is 2.17. The SMILES string of the molecule is CCc1cc(CC(N)C2CSCCO2)n(CC)n1. The van der Waals surface area contributed by atoms with Crippen molar-refractivity contribution < 1.29 is 4.74 Å². The Morgan fingerprint density at radius 2 is 2.44 bits per heavy atom. The number of hydrogen-bond donors (Lipinski definition) is 1. The van der Waals surface area contributed by atoms with Crippen LogP contribution in [0, 0.1) is 0 Å². The van der Waals surface area contributed by atoms with Gasteiger partial charge in [0.2, 0.25) is 0 Å². The van der Waals surface area contributed by atoms with Crippen molar-refractivity contribution >= 4 is 11.8 Å². The third-order valence-electron chi connectivity index (χ3n) is 3.34. The Hall–Kier alpha value is -0.520. The third kappa shape index (κ3) is 3.28. The Bertz CT molecular complexity index is 374. The molecule has 0 bridgehead atoms. The summed E-state index contributed by atoms with van der Waals surface area (Å²) in [6.07, 6.45) is 2.02. The summed E-state index contributed by atoms with van der Waals surface area (Å²) in [5.41, 5.74) is 8.66. The molecule has 18 heavy (non-hydrogen) atoms. The average molecular weight is 269 g/mol. The third-order valence-corrected chi connectivity index (χ3v) is 4.36. The average Bonchev–Trinajstić information content (AvgIpc) is 2.82. The van der Waals surface area contributed by atoms with Crippen molar-refractivity contribution in [1.82, 2.24) is 9.78 Å². The highest BCUT2D eigenvalue weighted by molar-refractivity contribution is 7.99. The van der Waals surface area contributed by atoms with Crippen molar-refractivity contribution in [2.24, 2.45) is 5.73 Å². The first-order valence-corrected chi connectivity index (χ1v) is 7.90. The molecular weight excluding hydrogens is 246 g/mol.